The van der Waals surface area contributed by atoms with Crippen LogP contribution in [0.3, 0.4) is 0 Å². The van der Waals surface area contributed by atoms with Crippen LogP contribution in [0.5, 0.6) is 0 Å². The quantitative estimate of drug-likeness (QED) is 0.530. The number of hydrogen-bond acceptors (Lipinski definition) is 7. The number of halogens is 1. The van der Waals surface area contributed by atoms with E-state index in [-0.39, 0.29) is 22.5 Å². The van der Waals surface area contributed by atoms with E-state index < -0.39 is 10.0 Å². The summed E-state index contributed by atoms with van der Waals surface area (Å²) < 4.78 is 51.3. The number of piperidine rings is 1. The number of hydrogen-bond donors (Lipinski definition) is 0. The summed E-state index contributed by atoms with van der Waals surface area (Å²) in [5, 5.41) is 8.24. The Kier molecular flexibility index (Phi) is 6.63. The number of ether oxygens (including phenoxy) is 1. The van der Waals surface area contributed by atoms with Crippen molar-refractivity contribution in [2.75, 3.05) is 39.4 Å². The normalized spacial score (nSPS) is 19.6. The summed E-state index contributed by atoms with van der Waals surface area (Å²) >= 11 is 0. The van der Waals surface area contributed by atoms with Gasteiger partial charge in [0.15, 0.2) is 0 Å². The van der Waals surface area contributed by atoms with E-state index in [9.17, 15) is 17.6 Å². The molecule has 1 amide bonds. The lowest BCUT2D eigenvalue weighted by Gasteiger charge is -2.31. The molecule has 35 heavy (non-hydrogen) atoms. The van der Waals surface area contributed by atoms with E-state index in [2.05, 4.69) is 10.2 Å². The topological polar surface area (TPSA) is 106 Å². The molecule has 3 heterocycles. The van der Waals surface area contributed by atoms with Gasteiger partial charge in [0.25, 0.3) is 5.91 Å². The summed E-state index contributed by atoms with van der Waals surface area (Å²) in [4.78, 5) is 15.0. The van der Waals surface area contributed by atoms with E-state index in [0.717, 1.165) is 12.8 Å². The SMILES string of the molecule is O=C(c1ccc(S(=O)(=O)N2CCOCC2)cc1)N1CCCC(c2nnc(-c3ccc(F)cc3)o2)C1. The molecule has 0 saturated carbocycles. The highest BCUT2D eigenvalue weighted by Gasteiger charge is 2.30. The minimum Gasteiger partial charge on any atom is -0.420 e. The third kappa shape index (κ3) is 4.97. The summed E-state index contributed by atoms with van der Waals surface area (Å²) in [5.41, 5.74) is 1.05. The number of benzene rings is 2. The number of carbonyl (C=O) groups is 1. The monoisotopic (exact) mass is 500 g/mol. The zero-order chi connectivity index (χ0) is 24.4. The molecule has 5 rings (SSSR count). The van der Waals surface area contributed by atoms with Crippen LogP contribution in [0.15, 0.2) is 57.8 Å². The Morgan fingerprint density at radius 2 is 1.69 bits per heavy atom. The maximum Gasteiger partial charge on any atom is 0.253 e. The lowest BCUT2D eigenvalue weighted by molar-refractivity contribution is 0.0698. The first-order valence-corrected chi connectivity index (χ1v) is 12.9. The van der Waals surface area contributed by atoms with Gasteiger partial charge in [-0.15, -0.1) is 10.2 Å². The van der Waals surface area contributed by atoms with Crippen molar-refractivity contribution >= 4 is 15.9 Å². The van der Waals surface area contributed by atoms with Crippen LogP contribution in [-0.2, 0) is 14.8 Å². The van der Waals surface area contributed by atoms with Crippen LogP contribution in [0, 0.1) is 5.82 Å². The Morgan fingerprint density at radius 1 is 0.971 bits per heavy atom. The highest BCUT2D eigenvalue weighted by atomic mass is 32.2. The Bertz CT molecular complexity index is 1290. The van der Waals surface area contributed by atoms with E-state index >= 15 is 0 Å². The second kappa shape index (κ2) is 9.84. The standard InChI is InChI=1S/C24H25FN4O5S/c25-20-7-3-17(4-8-20)22-26-27-23(34-22)19-2-1-11-28(16-19)24(30)18-5-9-21(10-6-18)35(31,32)29-12-14-33-15-13-29/h3-10,19H,1-2,11-16H2. The van der Waals surface area contributed by atoms with Crippen molar-refractivity contribution in [1.82, 2.24) is 19.4 Å². The first-order valence-electron chi connectivity index (χ1n) is 11.5. The van der Waals surface area contributed by atoms with Gasteiger partial charge in [-0.2, -0.15) is 4.31 Å². The molecule has 2 saturated heterocycles. The predicted molar refractivity (Wildman–Crippen MR) is 124 cm³/mol. The molecule has 2 aliphatic heterocycles. The maximum atomic E-state index is 13.2. The molecule has 0 bridgehead atoms. The van der Waals surface area contributed by atoms with E-state index in [1.54, 1.807) is 29.2 Å². The third-order valence-electron chi connectivity index (χ3n) is 6.30. The van der Waals surface area contributed by atoms with Crippen LogP contribution < -0.4 is 0 Å². The number of rotatable bonds is 5. The van der Waals surface area contributed by atoms with Crippen molar-refractivity contribution in [2.24, 2.45) is 0 Å². The molecule has 2 aromatic carbocycles. The zero-order valence-corrected chi connectivity index (χ0v) is 19.8. The number of morpholine rings is 1. The van der Waals surface area contributed by atoms with Crippen molar-refractivity contribution in [3.05, 3.63) is 65.8 Å². The number of sulfonamides is 1. The molecule has 11 heteroatoms. The number of likely N-dealkylation sites (tertiary alicyclic amines) is 1. The molecule has 0 radical (unpaired) electrons. The Labute approximate surface area is 202 Å². The average molecular weight is 501 g/mol. The van der Waals surface area contributed by atoms with E-state index in [0.29, 0.717) is 62.3 Å². The van der Waals surface area contributed by atoms with Gasteiger partial charge in [0.2, 0.25) is 21.8 Å². The van der Waals surface area contributed by atoms with Gasteiger partial charge >= 0.3 is 0 Å². The molecule has 184 valence electrons. The van der Waals surface area contributed by atoms with Gasteiger partial charge in [-0.3, -0.25) is 4.79 Å². The minimum absolute atomic E-state index is 0.115. The molecular formula is C24H25FN4O5S. The fourth-order valence-electron chi connectivity index (χ4n) is 4.36. The maximum absolute atomic E-state index is 13.2. The summed E-state index contributed by atoms with van der Waals surface area (Å²) in [6, 6.07) is 11.9. The van der Waals surface area contributed by atoms with Crippen LogP contribution in [0.2, 0.25) is 0 Å². The van der Waals surface area contributed by atoms with Gasteiger partial charge in [-0.05, 0) is 61.4 Å². The van der Waals surface area contributed by atoms with Crippen molar-refractivity contribution in [3.8, 4) is 11.5 Å². The molecule has 9 nitrogen and oxygen atoms in total. The molecular weight excluding hydrogens is 475 g/mol. The summed E-state index contributed by atoms with van der Waals surface area (Å²) in [7, 11) is -3.62. The van der Waals surface area contributed by atoms with Gasteiger partial charge in [-0.1, -0.05) is 0 Å². The Balaban J connectivity index is 1.27. The molecule has 1 atom stereocenters. The van der Waals surface area contributed by atoms with Gasteiger partial charge in [0, 0.05) is 37.3 Å². The number of amides is 1. The number of nitrogens with zero attached hydrogens (tertiary/aromatic N) is 4. The largest absolute Gasteiger partial charge is 0.420 e. The van der Waals surface area contributed by atoms with Gasteiger partial charge in [-0.25, -0.2) is 12.8 Å². The predicted octanol–water partition coefficient (Wildman–Crippen LogP) is 2.92. The summed E-state index contributed by atoms with van der Waals surface area (Å²) in [6.07, 6.45) is 1.57. The van der Waals surface area contributed by atoms with Crippen molar-refractivity contribution in [3.63, 3.8) is 0 Å². The summed E-state index contributed by atoms with van der Waals surface area (Å²) in [5.74, 6) is 0.106. The molecule has 1 unspecified atom stereocenters. The minimum atomic E-state index is -3.62. The molecule has 2 fully saturated rings. The number of aromatic nitrogens is 2. The van der Waals surface area contributed by atoms with Crippen LogP contribution in [0.1, 0.15) is 35.0 Å². The second-order valence-corrected chi connectivity index (χ2v) is 10.5. The van der Waals surface area contributed by atoms with E-state index in [4.69, 9.17) is 9.15 Å². The summed E-state index contributed by atoms with van der Waals surface area (Å²) in [6.45, 7) is 2.38. The van der Waals surface area contributed by atoms with Gasteiger partial charge in [0.1, 0.15) is 5.82 Å². The zero-order valence-electron chi connectivity index (χ0n) is 19.0. The van der Waals surface area contributed by atoms with Crippen molar-refractivity contribution in [2.45, 2.75) is 23.7 Å². The van der Waals surface area contributed by atoms with E-state index in [1.807, 2.05) is 0 Å². The highest BCUT2D eigenvalue weighted by molar-refractivity contribution is 7.89. The van der Waals surface area contributed by atoms with Gasteiger partial charge < -0.3 is 14.1 Å². The molecule has 0 spiro atoms. The molecule has 3 aromatic rings. The van der Waals surface area contributed by atoms with Crippen molar-refractivity contribution in [1.29, 1.82) is 0 Å². The Morgan fingerprint density at radius 3 is 2.40 bits per heavy atom. The first kappa shape index (κ1) is 23.6. The smallest absolute Gasteiger partial charge is 0.253 e. The average Bonchev–Trinajstić information content (AvgIpc) is 3.40. The fourth-order valence-corrected chi connectivity index (χ4v) is 5.77. The molecule has 2 aliphatic rings. The highest BCUT2D eigenvalue weighted by Crippen LogP contribution is 2.29. The second-order valence-electron chi connectivity index (χ2n) is 8.58. The molecule has 0 aliphatic carbocycles. The Hall–Kier alpha value is -3.15. The number of carbonyl (C=O) groups excluding carboxylic acids is 1. The fraction of sp³-hybridized carbons (Fsp3) is 0.375. The first-order chi connectivity index (χ1) is 16.9. The molecule has 1 aromatic heterocycles. The lowest BCUT2D eigenvalue weighted by Crippen LogP contribution is -2.40. The van der Waals surface area contributed by atoms with Crippen LogP contribution in [0.25, 0.3) is 11.5 Å². The van der Waals surface area contributed by atoms with Crippen LogP contribution in [-0.4, -0.2) is 73.1 Å². The third-order valence-corrected chi connectivity index (χ3v) is 8.21. The molecule has 0 N–H and O–H groups in total. The van der Waals surface area contributed by atoms with Crippen LogP contribution >= 0.6 is 0 Å². The van der Waals surface area contributed by atoms with Gasteiger partial charge in [0.05, 0.1) is 24.0 Å². The lowest BCUT2D eigenvalue weighted by atomic mass is 9.97. The van der Waals surface area contributed by atoms with Crippen LogP contribution in [0.4, 0.5) is 4.39 Å². The van der Waals surface area contributed by atoms with E-state index in [1.165, 1.54) is 28.6 Å². The van der Waals surface area contributed by atoms with Crippen molar-refractivity contribution < 1.29 is 26.8 Å².